The van der Waals surface area contributed by atoms with E-state index in [9.17, 15) is 26.7 Å². The van der Waals surface area contributed by atoms with E-state index in [4.69, 9.17) is 5.26 Å². The molecule has 1 aromatic heterocycles. The van der Waals surface area contributed by atoms with E-state index in [-0.39, 0.29) is 15.3 Å². The fourth-order valence-corrected chi connectivity index (χ4v) is 3.03. The molecule has 0 atom stereocenters. The molecule has 0 saturated heterocycles. The molecule has 0 aliphatic rings. The van der Waals surface area contributed by atoms with Crippen molar-refractivity contribution in [1.82, 2.24) is 4.98 Å². The predicted molar refractivity (Wildman–Crippen MR) is 88.3 cm³/mol. The number of rotatable bonds is 2. The van der Waals surface area contributed by atoms with Crippen molar-refractivity contribution >= 4 is 38.4 Å². The zero-order valence-electron chi connectivity index (χ0n) is 13.0. The second kappa shape index (κ2) is 6.81. The number of nitrogens with zero attached hydrogens (tertiary/aromatic N) is 2. The molecule has 0 radical (unpaired) electrons. The number of hydrogen-bond acceptors (Lipinski definition) is 4. The van der Waals surface area contributed by atoms with Crippen molar-refractivity contribution in [1.29, 1.82) is 5.26 Å². The van der Waals surface area contributed by atoms with Gasteiger partial charge in [0.05, 0.1) is 27.0 Å². The fourth-order valence-electron chi connectivity index (χ4n) is 2.13. The van der Waals surface area contributed by atoms with Crippen LogP contribution in [0.1, 0.15) is 11.1 Å². The summed E-state index contributed by atoms with van der Waals surface area (Å²) in [4.78, 5) is 15.9. The first-order valence-corrected chi connectivity index (χ1v) is 7.94. The van der Waals surface area contributed by atoms with Crippen molar-refractivity contribution in [2.24, 2.45) is 0 Å². The third-order valence-corrected chi connectivity index (χ3v) is 4.30. The third kappa shape index (κ3) is 3.95. The van der Waals surface area contributed by atoms with E-state index in [1.165, 1.54) is 6.07 Å². The second-order valence-electron chi connectivity index (χ2n) is 5.20. The molecule has 11 heteroatoms. The van der Waals surface area contributed by atoms with Gasteiger partial charge >= 0.3 is 12.2 Å². The van der Waals surface area contributed by atoms with E-state index in [1.807, 2.05) is 5.32 Å². The van der Waals surface area contributed by atoms with E-state index < -0.39 is 40.7 Å². The molecule has 0 aliphatic carbocycles. The minimum absolute atomic E-state index is 0.0312. The third-order valence-electron chi connectivity index (χ3n) is 3.36. The minimum atomic E-state index is -4.51. The van der Waals surface area contributed by atoms with Gasteiger partial charge in [0.1, 0.15) is 17.7 Å². The highest BCUT2D eigenvalue weighted by atomic mass is 32.1. The molecule has 2 amide bonds. The molecular formula is C16H7F5N4OS. The van der Waals surface area contributed by atoms with Crippen LogP contribution in [0.25, 0.3) is 10.2 Å². The molecule has 0 spiro atoms. The number of aromatic nitrogens is 1. The van der Waals surface area contributed by atoms with Gasteiger partial charge in [-0.2, -0.15) is 18.4 Å². The Hall–Kier alpha value is -3.26. The molecule has 0 saturated carbocycles. The van der Waals surface area contributed by atoms with Crippen LogP contribution in [0.15, 0.2) is 30.3 Å². The quantitative estimate of drug-likeness (QED) is 0.589. The Bertz CT molecular complexity index is 1090. The van der Waals surface area contributed by atoms with E-state index in [0.29, 0.717) is 12.1 Å². The normalized spacial score (nSPS) is 11.3. The lowest BCUT2D eigenvalue weighted by Crippen LogP contribution is -2.20. The number of urea groups is 1. The van der Waals surface area contributed by atoms with Crippen molar-refractivity contribution in [2.45, 2.75) is 6.18 Å². The molecule has 3 rings (SSSR count). The van der Waals surface area contributed by atoms with Crippen LogP contribution in [0, 0.1) is 23.0 Å². The topological polar surface area (TPSA) is 77.8 Å². The molecule has 2 aromatic carbocycles. The summed E-state index contributed by atoms with van der Waals surface area (Å²) in [6.45, 7) is 0. The van der Waals surface area contributed by atoms with Crippen LogP contribution in [0.4, 0.5) is 37.6 Å². The van der Waals surface area contributed by atoms with Crippen LogP contribution < -0.4 is 10.6 Å². The number of anilines is 2. The van der Waals surface area contributed by atoms with Gasteiger partial charge < -0.3 is 5.32 Å². The highest BCUT2D eigenvalue weighted by Gasteiger charge is 2.30. The van der Waals surface area contributed by atoms with Gasteiger partial charge in [-0.05, 0) is 24.3 Å². The highest BCUT2D eigenvalue weighted by molar-refractivity contribution is 7.22. The molecule has 2 N–H and O–H groups in total. The zero-order chi connectivity index (χ0) is 19.8. The molecule has 138 valence electrons. The van der Waals surface area contributed by atoms with Crippen LogP contribution >= 0.6 is 11.3 Å². The van der Waals surface area contributed by atoms with Crippen molar-refractivity contribution in [2.75, 3.05) is 10.6 Å². The number of thiazole rings is 1. The first kappa shape index (κ1) is 18.5. The molecule has 0 fully saturated rings. The Kier molecular flexibility index (Phi) is 4.67. The molecular weight excluding hydrogens is 391 g/mol. The number of fused-ring (bicyclic) bond motifs is 1. The molecule has 1 heterocycles. The van der Waals surface area contributed by atoms with Gasteiger partial charge in [0.15, 0.2) is 5.13 Å². The summed E-state index contributed by atoms with van der Waals surface area (Å²) in [5, 5.41) is 12.9. The van der Waals surface area contributed by atoms with Crippen molar-refractivity contribution in [3.8, 4) is 6.07 Å². The van der Waals surface area contributed by atoms with Crippen molar-refractivity contribution in [3.63, 3.8) is 0 Å². The summed E-state index contributed by atoms with van der Waals surface area (Å²) in [7, 11) is 0. The molecule has 0 bridgehead atoms. The summed E-state index contributed by atoms with van der Waals surface area (Å²) in [6, 6.07) is 4.66. The maximum atomic E-state index is 13.8. The van der Waals surface area contributed by atoms with E-state index in [0.717, 1.165) is 29.5 Å². The van der Waals surface area contributed by atoms with Crippen molar-refractivity contribution < 1.29 is 26.7 Å². The number of halogens is 5. The van der Waals surface area contributed by atoms with Crippen LogP contribution in [0.3, 0.4) is 0 Å². The lowest BCUT2D eigenvalue weighted by molar-refractivity contribution is -0.137. The number of carbonyl (C=O) groups excluding carboxylic acids is 1. The number of nitriles is 1. The standard InChI is InChI=1S/C16H7F5N4OS/c17-9-5-12(10(18)3-7(9)6-22)23-14(26)25-15-24-11-2-1-8(16(19,20)21)4-13(11)27-15/h1-5H,(H2,23,24,25,26). The smallest absolute Gasteiger partial charge is 0.305 e. The molecule has 3 aromatic rings. The zero-order valence-corrected chi connectivity index (χ0v) is 13.8. The first-order valence-electron chi connectivity index (χ1n) is 7.12. The number of nitrogens with one attached hydrogen (secondary N) is 2. The summed E-state index contributed by atoms with van der Waals surface area (Å²) >= 11 is 0.786. The number of carbonyl (C=O) groups is 1. The van der Waals surface area contributed by atoms with Gasteiger partial charge in [-0.3, -0.25) is 5.32 Å². The van der Waals surface area contributed by atoms with Crippen LogP contribution in [-0.2, 0) is 6.18 Å². The summed E-state index contributed by atoms with van der Waals surface area (Å²) in [5.41, 5.74) is -1.65. The van der Waals surface area contributed by atoms with Crippen LogP contribution in [0.5, 0.6) is 0 Å². The summed E-state index contributed by atoms with van der Waals surface area (Å²) < 4.78 is 65.6. The monoisotopic (exact) mass is 398 g/mol. The van der Waals surface area contributed by atoms with E-state index in [1.54, 1.807) is 0 Å². The minimum Gasteiger partial charge on any atom is -0.305 e. The largest absolute Gasteiger partial charge is 0.416 e. The lowest BCUT2D eigenvalue weighted by atomic mass is 10.2. The number of hydrogen-bond donors (Lipinski definition) is 2. The maximum Gasteiger partial charge on any atom is 0.416 e. The van der Waals surface area contributed by atoms with Gasteiger partial charge in [-0.15, -0.1) is 0 Å². The highest BCUT2D eigenvalue weighted by Crippen LogP contribution is 2.34. The Balaban J connectivity index is 1.78. The summed E-state index contributed by atoms with van der Waals surface area (Å²) in [6.07, 6.45) is -4.51. The molecule has 0 aliphatic heterocycles. The van der Waals surface area contributed by atoms with Gasteiger partial charge in [0, 0.05) is 6.07 Å². The average Bonchev–Trinajstić information content (AvgIpc) is 2.98. The fraction of sp³-hybridized carbons (Fsp3) is 0.0625. The summed E-state index contributed by atoms with van der Waals surface area (Å²) in [5.74, 6) is -2.05. The Labute approximate surface area is 152 Å². The van der Waals surface area contributed by atoms with E-state index >= 15 is 0 Å². The SMILES string of the molecule is N#Cc1cc(F)c(NC(=O)Nc2nc3ccc(C(F)(F)F)cc3s2)cc1F. The van der Waals surface area contributed by atoms with Gasteiger partial charge in [-0.25, -0.2) is 18.6 Å². The Morgan fingerprint density at radius 1 is 1.11 bits per heavy atom. The van der Waals surface area contributed by atoms with Gasteiger partial charge in [0.2, 0.25) is 0 Å². The second-order valence-corrected chi connectivity index (χ2v) is 6.23. The van der Waals surface area contributed by atoms with Crippen molar-refractivity contribution in [3.05, 3.63) is 53.1 Å². The lowest BCUT2D eigenvalue weighted by Gasteiger charge is -2.07. The Morgan fingerprint density at radius 2 is 1.85 bits per heavy atom. The first-order chi connectivity index (χ1) is 12.7. The molecule has 5 nitrogen and oxygen atoms in total. The van der Waals surface area contributed by atoms with Gasteiger partial charge in [0.25, 0.3) is 0 Å². The van der Waals surface area contributed by atoms with E-state index in [2.05, 4.69) is 10.3 Å². The number of benzene rings is 2. The average molecular weight is 398 g/mol. The molecule has 27 heavy (non-hydrogen) atoms. The van der Waals surface area contributed by atoms with Gasteiger partial charge in [-0.1, -0.05) is 11.3 Å². The van der Waals surface area contributed by atoms with Crippen LogP contribution in [-0.4, -0.2) is 11.0 Å². The predicted octanol–water partition coefficient (Wildman–Crippen LogP) is 5.11. The molecule has 0 unspecified atom stereocenters. The maximum absolute atomic E-state index is 13.8. The number of alkyl halides is 3. The van der Waals surface area contributed by atoms with Crippen LogP contribution in [0.2, 0.25) is 0 Å². The number of amides is 2. The Morgan fingerprint density at radius 3 is 2.52 bits per heavy atom.